The van der Waals surface area contributed by atoms with Gasteiger partial charge in [0, 0.05) is 18.7 Å². The van der Waals surface area contributed by atoms with Crippen LogP contribution in [0.5, 0.6) is 5.75 Å². The van der Waals surface area contributed by atoms with E-state index in [1.807, 2.05) is 0 Å². The van der Waals surface area contributed by atoms with Crippen LogP contribution in [0.4, 0.5) is 5.69 Å². The van der Waals surface area contributed by atoms with Crippen LogP contribution in [0.1, 0.15) is 21.7 Å². The van der Waals surface area contributed by atoms with Gasteiger partial charge in [-0.1, -0.05) is 23.7 Å². The molecule has 0 atom stereocenters. The molecule has 0 aliphatic carbocycles. The van der Waals surface area contributed by atoms with E-state index in [0.29, 0.717) is 11.3 Å². The summed E-state index contributed by atoms with van der Waals surface area (Å²) in [6.07, 6.45) is 2.42. The minimum absolute atomic E-state index is 0.0412. The van der Waals surface area contributed by atoms with Crippen molar-refractivity contribution in [2.75, 3.05) is 6.26 Å². The van der Waals surface area contributed by atoms with Crippen molar-refractivity contribution in [1.82, 2.24) is 4.90 Å². The Morgan fingerprint density at radius 2 is 1.87 bits per heavy atom. The van der Waals surface area contributed by atoms with E-state index in [2.05, 4.69) is 0 Å². The predicted octanol–water partition coefficient (Wildman–Crippen LogP) is 4.02. The lowest BCUT2D eigenvalue weighted by Crippen LogP contribution is -2.30. The molecule has 1 heterocycles. The molecule has 0 saturated carbocycles. The van der Waals surface area contributed by atoms with Gasteiger partial charge in [0.25, 0.3) is 11.6 Å². The first kappa shape index (κ1) is 22.3. The number of hydrogen-bond acceptors (Lipinski definition) is 7. The summed E-state index contributed by atoms with van der Waals surface area (Å²) in [4.78, 5) is 24.9. The summed E-state index contributed by atoms with van der Waals surface area (Å²) in [5, 5.41) is 10.9. The number of amides is 1. The maximum absolute atomic E-state index is 13.2. The number of hydrogen-bond donors (Lipinski definition) is 0. The molecule has 0 bridgehead atoms. The van der Waals surface area contributed by atoms with Gasteiger partial charge >= 0.3 is 10.1 Å². The second-order valence-corrected chi connectivity index (χ2v) is 8.58. The van der Waals surface area contributed by atoms with Crippen LogP contribution < -0.4 is 4.18 Å². The van der Waals surface area contributed by atoms with Crippen LogP contribution in [-0.4, -0.2) is 30.4 Å². The summed E-state index contributed by atoms with van der Waals surface area (Å²) in [7, 11) is -3.65. The van der Waals surface area contributed by atoms with Crippen LogP contribution in [0, 0.1) is 10.1 Å². The van der Waals surface area contributed by atoms with E-state index < -0.39 is 20.9 Å². The Morgan fingerprint density at radius 1 is 1.16 bits per heavy atom. The molecule has 1 aromatic heterocycles. The van der Waals surface area contributed by atoms with Gasteiger partial charge in [-0.25, -0.2) is 0 Å². The monoisotopic (exact) mass is 464 g/mol. The van der Waals surface area contributed by atoms with Crippen LogP contribution in [-0.2, 0) is 23.2 Å². The average Bonchev–Trinajstić information content (AvgIpc) is 3.20. The first-order valence-corrected chi connectivity index (χ1v) is 11.1. The van der Waals surface area contributed by atoms with E-state index >= 15 is 0 Å². The van der Waals surface area contributed by atoms with Gasteiger partial charge in [-0.15, -0.1) is 0 Å². The summed E-state index contributed by atoms with van der Waals surface area (Å²) in [6, 6.07) is 13.2. The van der Waals surface area contributed by atoms with Gasteiger partial charge in [-0.05, 0) is 35.9 Å². The minimum atomic E-state index is -3.65. The molecule has 0 N–H and O–H groups in total. The summed E-state index contributed by atoms with van der Waals surface area (Å²) < 4.78 is 32.6. The number of rotatable bonds is 8. The van der Waals surface area contributed by atoms with Gasteiger partial charge in [0.2, 0.25) is 0 Å². The van der Waals surface area contributed by atoms with Crippen LogP contribution >= 0.6 is 11.6 Å². The molecule has 2 aromatic carbocycles. The van der Waals surface area contributed by atoms with Gasteiger partial charge < -0.3 is 13.5 Å². The van der Waals surface area contributed by atoms with Crippen molar-refractivity contribution in [2.24, 2.45) is 0 Å². The summed E-state index contributed by atoms with van der Waals surface area (Å²) in [6.45, 7) is 0.271. The molecular weight excluding hydrogens is 448 g/mol. The molecule has 162 valence electrons. The number of furan rings is 1. The molecule has 11 heteroatoms. The Kier molecular flexibility index (Phi) is 6.62. The van der Waals surface area contributed by atoms with E-state index in [1.54, 1.807) is 24.3 Å². The minimum Gasteiger partial charge on any atom is -0.467 e. The second-order valence-electron chi connectivity index (χ2n) is 6.59. The van der Waals surface area contributed by atoms with Gasteiger partial charge in [0.15, 0.2) is 0 Å². The van der Waals surface area contributed by atoms with Gasteiger partial charge in [0.05, 0.1) is 34.6 Å². The Balaban J connectivity index is 1.86. The van der Waals surface area contributed by atoms with Crippen molar-refractivity contribution in [2.45, 2.75) is 13.1 Å². The summed E-state index contributed by atoms with van der Waals surface area (Å²) in [5.41, 5.74) is 0.579. The third-order valence-electron chi connectivity index (χ3n) is 4.15. The number of benzene rings is 2. The smallest absolute Gasteiger partial charge is 0.306 e. The Hall–Kier alpha value is -3.37. The fourth-order valence-corrected chi connectivity index (χ4v) is 3.51. The van der Waals surface area contributed by atoms with Crippen LogP contribution in [0.2, 0.25) is 5.02 Å². The van der Waals surface area contributed by atoms with Crippen molar-refractivity contribution in [1.29, 1.82) is 0 Å². The molecular formula is C20H17ClN2O7S. The standard InChI is InChI=1S/C20H17ClN2O7S/c1-31(27,28)30-16-7-4-14(5-8-16)12-22(13-17-3-2-10-29-17)20(24)18-9-6-15(23(25)26)11-19(18)21/h2-11H,12-13H2,1H3. The highest BCUT2D eigenvalue weighted by Gasteiger charge is 2.22. The van der Waals surface area contributed by atoms with Crippen molar-refractivity contribution < 1.29 is 26.7 Å². The molecule has 3 aromatic rings. The van der Waals surface area contributed by atoms with Crippen LogP contribution in [0.25, 0.3) is 0 Å². The lowest BCUT2D eigenvalue weighted by Gasteiger charge is -2.22. The molecule has 0 radical (unpaired) electrons. The predicted molar refractivity (Wildman–Crippen MR) is 112 cm³/mol. The number of carbonyl (C=O) groups is 1. The molecule has 9 nitrogen and oxygen atoms in total. The maximum atomic E-state index is 13.2. The van der Waals surface area contributed by atoms with Crippen LogP contribution in [0.15, 0.2) is 65.3 Å². The van der Waals surface area contributed by atoms with Crippen molar-refractivity contribution in [3.63, 3.8) is 0 Å². The van der Waals surface area contributed by atoms with Gasteiger partial charge in [-0.2, -0.15) is 8.42 Å². The van der Waals surface area contributed by atoms with Gasteiger partial charge in [0.1, 0.15) is 11.5 Å². The van der Waals surface area contributed by atoms with Crippen molar-refractivity contribution in [3.05, 3.63) is 92.9 Å². The molecule has 0 aliphatic heterocycles. The SMILES string of the molecule is CS(=O)(=O)Oc1ccc(CN(Cc2ccco2)C(=O)c2ccc([N+](=O)[O-])cc2Cl)cc1. The molecule has 0 unspecified atom stereocenters. The first-order chi connectivity index (χ1) is 14.6. The lowest BCUT2D eigenvalue weighted by atomic mass is 10.1. The fourth-order valence-electron chi connectivity index (χ4n) is 2.80. The van der Waals surface area contributed by atoms with Crippen molar-refractivity contribution >= 4 is 33.3 Å². The van der Waals surface area contributed by atoms with E-state index in [9.17, 15) is 23.3 Å². The molecule has 31 heavy (non-hydrogen) atoms. The van der Waals surface area contributed by atoms with E-state index in [-0.39, 0.29) is 35.1 Å². The zero-order valence-corrected chi connectivity index (χ0v) is 17.8. The number of nitrogens with zero attached hydrogens (tertiary/aromatic N) is 2. The highest BCUT2D eigenvalue weighted by molar-refractivity contribution is 7.86. The topological polar surface area (TPSA) is 120 Å². The zero-order valence-electron chi connectivity index (χ0n) is 16.2. The Bertz CT molecular complexity index is 1190. The van der Waals surface area contributed by atoms with Crippen LogP contribution in [0.3, 0.4) is 0 Å². The van der Waals surface area contributed by atoms with Gasteiger partial charge in [-0.3, -0.25) is 14.9 Å². The second kappa shape index (κ2) is 9.19. The Labute approximate surface area is 183 Å². The third kappa shape index (κ3) is 6.06. The fraction of sp³-hybridized carbons (Fsp3) is 0.150. The van der Waals surface area contributed by atoms with Crippen molar-refractivity contribution in [3.8, 4) is 5.75 Å². The highest BCUT2D eigenvalue weighted by Crippen LogP contribution is 2.25. The summed E-state index contributed by atoms with van der Waals surface area (Å²) in [5.74, 6) is 0.227. The molecule has 0 aliphatic rings. The lowest BCUT2D eigenvalue weighted by molar-refractivity contribution is -0.384. The van der Waals surface area contributed by atoms with E-state index in [4.69, 9.17) is 20.2 Å². The average molecular weight is 465 g/mol. The first-order valence-electron chi connectivity index (χ1n) is 8.86. The molecule has 0 saturated heterocycles. The number of nitro benzene ring substituents is 1. The normalized spacial score (nSPS) is 11.2. The number of halogens is 1. The highest BCUT2D eigenvalue weighted by atomic mass is 35.5. The number of carbonyl (C=O) groups excluding carboxylic acids is 1. The largest absolute Gasteiger partial charge is 0.467 e. The summed E-state index contributed by atoms with van der Waals surface area (Å²) >= 11 is 6.13. The molecule has 0 fully saturated rings. The maximum Gasteiger partial charge on any atom is 0.306 e. The number of non-ortho nitro benzene ring substituents is 1. The Morgan fingerprint density at radius 3 is 2.42 bits per heavy atom. The van der Waals surface area contributed by atoms with E-state index in [1.165, 1.54) is 35.4 Å². The molecule has 3 rings (SSSR count). The number of nitro groups is 1. The third-order valence-corrected chi connectivity index (χ3v) is 4.96. The zero-order chi connectivity index (χ0) is 22.6. The van der Waals surface area contributed by atoms with E-state index in [0.717, 1.165) is 12.3 Å². The quantitative estimate of drug-likeness (QED) is 0.280. The molecule has 0 spiro atoms. The molecule has 1 amide bonds.